The molecule has 0 rings (SSSR count). The highest BCUT2D eigenvalue weighted by Gasteiger charge is 2.18. The van der Waals surface area contributed by atoms with Crippen LogP contribution in [0.15, 0.2) is 97.2 Å². The summed E-state index contributed by atoms with van der Waals surface area (Å²) in [6.45, 7) is 4.80. The van der Waals surface area contributed by atoms with Crippen molar-refractivity contribution in [2.45, 2.75) is 206 Å². The van der Waals surface area contributed by atoms with Crippen LogP contribution in [-0.2, 0) is 19.1 Å². The van der Waals surface area contributed by atoms with Crippen molar-refractivity contribution in [3.63, 3.8) is 0 Å². The number of nitrogens with one attached hydrogen (secondary N) is 1. The fourth-order valence-corrected chi connectivity index (χ4v) is 6.34. The van der Waals surface area contributed by atoms with Gasteiger partial charge >= 0.3 is 11.9 Å². The lowest BCUT2D eigenvalue weighted by atomic mass is 10.0. The minimum absolute atomic E-state index is 0.102. The molecule has 2 unspecified atom stereocenters. The van der Waals surface area contributed by atoms with Gasteiger partial charge in [0.25, 0.3) is 0 Å². The molecular weight excluding hydrogens is 733 g/mol. The largest absolute Gasteiger partial charge is 0.480 e. The minimum atomic E-state index is -1.01. The molecule has 0 aliphatic carbocycles. The third-order valence-electron chi connectivity index (χ3n) is 9.87. The van der Waals surface area contributed by atoms with Gasteiger partial charge in [0.15, 0.2) is 0 Å². The lowest BCUT2D eigenvalue weighted by molar-refractivity contribution is -0.147. The molecule has 0 saturated carbocycles. The zero-order valence-electron chi connectivity index (χ0n) is 37.6. The topological polar surface area (TPSA) is 119 Å². The Morgan fingerprint density at radius 1 is 0.525 bits per heavy atom. The van der Waals surface area contributed by atoms with Crippen molar-refractivity contribution in [2.24, 2.45) is 5.73 Å². The minimum Gasteiger partial charge on any atom is -0.480 e. The Morgan fingerprint density at radius 2 is 0.983 bits per heavy atom. The monoisotopic (exact) mass is 819 g/mol. The van der Waals surface area contributed by atoms with Crippen molar-refractivity contribution in [3.05, 3.63) is 97.2 Å². The number of carboxylic acids is 1. The second-order valence-corrected chi connectivity index (χ2v) is 15.4. The van der Waals surface area contributed by atoms with Crippen LogP contribution in [-0.4, -0.2) is 41.6 Å². The molecule has 0 bridgehead atoms. The van der Waals surface area contributed by atoms with Gasteiger partial charge in [-0.2, -0.15) is 0 Å². The summed E-state index contributed by atoms with van der Waals surface area (Å²) < 4.78 is 5.94. The first-order chi connectivity index (χ1) is 28.9. The van der Waals surface area contributed by atoms with E-state index in [9.17, 15) is 19.5 Å². The van der Waals surface area contributed by atoms with Gasteiger partial charge in [0.05, 0.1) is 0 Å². The second kappa shape index (κ2) is 45.4. The van der Waals surface area contributed by atoms with Gasteiger partial charge in [-0.1, -0.05) is 163 Å². The van der Waals surface area contributed by atoms with Gasteiger partial charge < -0.3 is 20.9 Å². The van der Waals surface area contributed by atoms with Gasteiger partial charge in [-0.15, -0.1) is 0 Å². The molecule has 0 radical (unpaired) electrons. The van der Waals surface area contributed by atoms with Crippen LogP contribution in [0.5, 0.6) is 0 Å². The van der Waals surface area contributed by atoms with Crippen molar-refractivity contribution in [2.75, 3.05) is 6.54 Å². The third-order valence-corrected chi connectivity index (χ3v) is 9.87. The van der Waals surface area contributed by atoms with Crippen LogP contribution in [0.25, 0.3) is 0 Å². The van der Waals surface area contributed by atoms with Crippen molar-refractivity contribution < 1.29 is 24.2 Å². The molecule has 0 fully saturated rings. The van der Waals surface area contributed by atoms with Crippen LogP contribution in [0, 0.1) is 0 Å². The fraction of sp³-hybridized carbons (Fsp3) is 0.635. The number of esters is 1. The molecule has 0 heterocycles. The molecule has 0 saturated heterocycles. The average Bonchev–Trinajstić information content (AvgIpc) is 3.22. The van der Waals surface area contributed by atoms with E-state index in [1.807, 2.05) is 0 Å². The van der Waals surface area contributed by atoms with E-state index in [2.05, 4.69) is 116 Å². The highest BCUT2D eigenvalue weighted by molar-refractivity contribution is 5.83. The highest BCUT2D eigenvalue weighted by atomic mass is 16.5. The molecule has 334 valence electrons. The van der Waals surface area contributed by atoms with Crippen LogP contribution >= 0.6 is 0 Å². The van der Waals surface area contributed by atoms with Crippen LogP contribution in [0.4, 0.5) is 0 Å². The van der Waals surface area contributed by atoms with Gasteiger partial charge in [0.2, 0.25) is 5.91 Å². The molecule has 0 spiro atoms. The normalized spacial score (nSPS) is 13.5. The Balaban J connectivity index is 4.31. The van der Waals surface area contributed by atoms with E-state index in [1.54, 1.807) is 0 Å². The Labute approximate surface area is 361 Å². The quantitative estimate of drug-likeness (QED) is 0.0321. The molecular formula is C52H86N2O5. The third kappa shape index (κ3) is 42.2. The average molecular weight is 819 g/mol. The van der Waals surface area contributed by atoms with E-state index >= 15 is 0 Å². The maximum absolute atomic E-state index is 12.8. The highest BCUT2D eigenvalue weighted by Crippen LogP contribution is 2.15. The van der Waals surface area contributed by atoms with E-state index in [0.717, 1.165) is 128 Å². The van der Waals surface area contributed by atoms with Crippen LogP contribution in [0.1, 0.15) is 194 Å². The molecule has 7 nitrogen and oxygen atoms in total. The molecule has 0 aliphatic heterocycles. The zero-order valence-corrected chi connectivity index (χ0v) is 37.6. The predicted octanol–water partition coefficient (Wildman–Crippen LogP) is 13.8. The number of carbonyl (C=O) groups excluding carboxylic acids is 2. The number of nitrogens with two attached hydrogens (primary N) is 1. The summed E-state index contributed by atoms with van der Waals surface area (Å²) in [6.07, 6.45) is 61.9. The fourth-order valence-electron chi connectivity index (χ4n) is 6.34. The Hall–Kier alpha value is -3.71. The number of carboxylic acid groups (broad SMARTS) is 1. The van der Waals surface area contributed by atoms with Gasteiger partial charge in [-0.3, -0.25) is 9.59 Å². The van der Waals surface area contributed by atoms with Crippen molar-refractivity contribution in [3.8, 4) is 0 Å². The Kier molecular flexibility index (Phi) is 42.5. The first-order valence-electron chi connectivity index (χ1n) is 23.6. The van der Waals surface area contributed by atoms with Crippen LogP contribution in [0.3, 0.4) is 0 Å². The Morgan fingerprint density at radius 3 is 1.51 bits per heavy atom. The molecule has 59 heavy (non-hydrogen) atoms. The summed E-state index contributed by atoms with van der Waals surface area (Å²) in [5.41, 5.74) is 5.48. The number of aliphatic carboxylic acids is 1. The lowest BCUT2D eigenvalue weighted by Gasteiger charge is -2.15. The first-order valence-corrected chi connectivity index (χ1v) is 23.6. The number of unbranched alkanes of at least 4 members (excludes halogenated alkanes) is 13. The molecule has 0 aromatic carbocycles. The van der Waals surface area contributed by atoms with E-state index < -0.39 is 12.0 Å². The van der Waals surface area contributed by atoms with Gasteiger partial charge in [0, 0.05) is 12.8 Å². The summed E-state index contributed by atoms with van der Waals surface area (Å²) in [6, 6.07) is -0.863. The van der Waals surface area contributed by atoms with Gasteiger partial charge in [-0.25, -0.2) is 4.79 Å². The number of amides is 1. The predicted molar refractivity (Wildman–Crippen MR) is 252 cm³/mol. The summed E-state index contributed by atoms with van der Waals surface area (Å²) in [5.74, 6) is -1.32. The number of rotatable bonds is 41. The van der Waals surface area contributed by atoms with Crippen LogP contribution < -0.4 is 11.1 Å². The van der Waals surface area contributed by atoms with E-state index in [-0.39, 0.29) is 18.0 Å². The molecule has 1 amide bonds. The zero-order chi connectivity index (χ0) is 43.1. The molecule has 4 N–H and O–H groups in total. The van der Waals surface area contributed by atoms with E-state index in [1.165, 1.54) is 25.7 Å². The molecule has 0 aromatic heterocycles. The summed E-state index contributed by atoms with van der Waals surface area (Å²) >= 11 is 0. The lowest BCUT2D eigenvalue weighted by Crippen LogP contribution is -2.40. The SMILES string of the molecule is CC/C=C\C/C=C\C/C=C\C/C=C\C/C=C\C/C=C\CCCCCCC(=O)OC(/C=C\C/C=C\CCCCCC)CCCCCCCCC(=O)NC(CCCN)C(=O)O. The van der Waals surface area contributed by atoms with Gasteiger partial charge in [-0.05, 0) is 122 Å². The van der Waals surface area contributed by atoms with Crippen molar-refractivity contribution in [1.29, 1.82) is 0 Å². The summed E-state index contributed by atoms with van der Waals surface area (Å²) in [4.78, 5) is 36.3. The van der Waals surface area contributed by atoms with E-state index in [0.29, 0.717) is 32.2 Å². The number of hydrogen-bond acceptors (Lipinski definition) is 5. The number of carbonyl (C=O) groups is 3. The number of hydrogen-bond donors (Lipinski definition) is 3. The standard InChI is InChI=1S/C52H86N2O5/c1-3-5-7-9-11-13-14-15-16-17-18-19-20-21-22-23-24-25-26-28-30-36-40-46-51(56)59-48(42-37-33-29-27-12-10-8-6-4-2)43-38-34-31-32-35-39-45-50(55)54-49(52(57)58)44-41-47-53/h5,7,11,13,15-16,18-19,21-22,24-25,27,29,37,42,48-49H,3-4,6,8-10,12,14,17,20,23,26,28,30-36,38-41,43-47,53H2,1-2H3,(H,54,55)(H,57,58)/b7-5-,13-11-,16-15-,19-18-,22-21-,25-24-,29-27-,42-37-. The molecule has 0 aliphatic rings. The summed E-state index contributed by atoms with van der Waals surface area (Å²) in [5, 5.41) is 11.9. The van der Waals surface area contributed by atoms with Crippen molar-refractivity contribution in [1.82, 2.24) is 5.32 Å². The smallest absolute Gasteiger partial charge is 0.326 e. The molecule has 2 atom stereocenters. The summed E-state index contributed by atoms with van der Waals surface area (Å²) in [7, 11) is 0. The maximum atomic E-state index is 12.8. The first kappa shape index (κ1) is 55.3. The number of ether oxygens (including phenoxy) is 1. The van der Waals surface area contributed by atoms with Crippen molar-refractivity contribution >= 4 is 17.8 Å². The maximum Gasteiger partial charge on any atom is 0.326 e. The molecule has 0 aromatic rings. The van der Waals surface area contributed by atoms with E-state index in [4.69, 9.17) is 10.5 Å². The number of allylic oxidation sites excluding steroid dienone is 15. The Bertz CT molecular complexity index is 1240. The molecule has 7 heteroatoms. The second-order valence-electron chi connectivity index (χ2n) is 15.4. The van der Waals surface area contributed by atoms with Crippen LogP contribution in [0.2, 0.25) is 0 Å². The van der Waals surface area contributed by atoms with Gasteiger partial charge in [0.1, 0.15) is 12.1 Å².